The fraction of sp³-hybridized carbons (Fsp3) is 0.467. The molecule has 0 radical (unpaired) electrons. The van der Waals surface area contributed by atoms with Crippen molar-refractivity contribution in [3.05, 3.63) is 29.8 Å². The van der Waals surface area contributed by atoms with Crippen molar-refractivity contribution in [2.24, 2.45) is 0 Å². The summed E-state index contributed by atoms with van der Waals surface area (Å²) in [5, 5.41) is 8.76. The van der Waals surface area contributed by atoms with Gasteiger partial charge in [0.05, 0.1) is 6.54 Å². The van der Waals surface area contributed by atoms with Gasteiger partial charge in [-0.2, -0.15) is 0 Å². The molecule has 0 bridgehead atoms. The highest BCUT2D eigenvalue weighted by atomic mass is 16.2. The zero-order chi connectivity index (χ0) is 14.5. The molecule has 1 aromatic carbocycles. The molecule has 3 N–H and O–H groups in total. The predicted octanol–water partition coefficient (Wildman–Crippen LogP) is 1.52. The lowest BCUT2D eigenvalue weighted by Crippen LogP contribution is -2.31. The van der Waals surface area contributed by atoms with Crippen molar-refractivity contribution in [1.82, 2.24) is 10.6 Å². The normalized spacial score (nSPS) is 14.2. The highest BCUT2D eigenvalue weighted by molar-refractivity contribution is 5.97. The van der Waals surface area contributed by atoms with Crippen LogP contribution in [-0.2, 0) is 4.79 Å². The molecule has 0 atom stereocenters. The van der Waals surface area contributed by atoms with Crippen LogP contribution in [0, 0.1) is 0 Å². The minimum Gasteiger partial charge on any atom is -0.350 e. The molecule has 1 aromatic rings. The topological polar surface area (TPSA) is 70.2 Å². The number of hydrogen-bond donors (Lipinski definition) is 3. The third kappa shape index (κ3) is 4.66. The molecule has 0 saturated heterocycles. The first kappa shape index (κ1) is 14.5. The van der Waals surface area contributed by atoms with Crippen LogP contribution in [0.1, 0.15) is 37.0 Å². The van der Waals surface area contributed by atoms with Gasteiger partial charge in [-0.15, -0.1) is 0 Å². The summed E-state index contributed by atoms with van der Waals surface area (Å²) in [5.41, 5.74) is 1.19. The average Bonchev–Trinajstić information content (AvgIpc) is 3.20. The number of nitrogens with one attached hydrogen (secondary N) is 3. The van der Waals surface area contributed by atoms with Gasteiger partial charge in [-0.3, -0.25) is 9.59 Å². The van der Waals surface area contributed by atoms with Crippen molar-refractivity contribution in [2.75, 3.05) is 11.9 Å². The van der Waals surface area contributed by atoms with Gasteiger partial charge in [-0.25, -0.2) is 0 Å². The summed E-state index contributed by atoms with van der Waals surface area (Å²) in [5.74, 6) is -0.217. The quantitative estimate of drug-likeness (QED) is 0.737. The zero-order valence-electron chi connectivity index (χ0n) is 11.9. The molecule has 108 valence electrons. The van der Waals surface area contributed by atoms with E-state index in [0.717, 1.165) is 12.8 Å². The van der Waals surface area contributed by atoms with E-state index in [1.165, 1.54) is 0 Å². The lowest BCUT2D eigenvalue weighted by molar-refractivity contribution is -0.115. The number of carbonyl (C=O) groups excluding carboxylic acids is 2. The second kappa shape index (κ2) is 6.52. The monoisotopic (exact) mass is 275 g/mol. The predicted molar refractivity (Wildman–Crippen MR) is 78.7 cm³/mol. The van der Waals surface area contributed by atoms with Crippen molar-refractivity contribution in [3.63, 3.8) is 0 Å². The molecule has 2 rings (SSSR count). The van der Waals surface area contributed by atoms with Gasteiger partial charge in [0, 0.05) is 23.3 Å². The standard InChI is InChI=1S/C15H21N3O2/c1-10(2)17-15(20)11-4-3-5-13(8-11)18-14(19)9-16-12-6-7-12/h3-5,8,10,12,16H,6-7,9H2,1-2H3,(H,17,20)(H,18,19). The van der Waals surface area contributed by atoms with E-state index >= 15 is 0 Å². The Kier molecular flexibility index (Phi) is 4.74. The molecule has 1 fully saturated rings. The fourth-order valence-electron chi connectivity index (χ4n) is 1.81. The fourth-order valence-corrected chi connectivity index (χ4v) is 1.81. The number of amides is 2. The Morgan fingerprint density at radius 2 is 2.05 bits per heavy atom. The van der Waals surface area contributed by atoms with E-state index in [9.17, 15) is 9.59 Å². The Hall–Kier alpha value is -1.88. The van der Waals surface area contributed by atoms with Gasteiger partial charge in [0.1, 0.15) is 0 Å². The maximum Gasteiger partial charge on any atom is 0.251 e. The summed E-state index contributed by atoms with van der Waals surface area (Å²) >= 11 is 0. The van der Waals surface area contributed by atoms with Gasteiger partial charge >= 0.3 is 0 Å². The van der Waals surface area contributed by atoms with E-state index in [0.29, 0.717) is 23.8 Å². The molecule has 0 spiro atoms. The molecule has 5 nitrogen and oxygen atoms in total. The van der Waals surface area contributed by atoms with Crippen molar-refractivity contribution in [2.45, 2.75) is 38.8 Å². The number of anilines is 1. The van der Waals surface area contributed by atoms with Crippen LogP contribution in [-0.4, -0.2) is 30.4 Å². The van der Waals surface area contributed by atoms with Crippen LogP contribution in [0.2, 0.25) is 0 Å². The maximum absolute atomic E-state index is 11.9. The van der Waals surface area contributed by atoms with Crippen molar-refractivity contribution in [3.8, 4) is 0 Å². The molecule has 5 heteroatoms. The second-order valence-corrected chi connectivity index (χ2v) is 5.41. The van der Waals surface area contributed by atoms with Crippen LogP contribution < -0.4 is 16.0 Å². The van der Waals surface area contributed by atoms with E-state index in [-0.39, 0.29) is 17.9 Å². The molecular weight excluding hydrogens is 254 g/mol. The van der Waals surface area contributed by atoms with Crippen molar-refractivity contribution >= 4 is 17.5 Å². The lowest BCUT2D eigenvalue weighted by Gasteiger charge is -2.10. The summed E-state index contributed by atoms with van der Waals surface area (Å²) in [6.07, 6.45) is 2.30. The van der Waals surface area contributed by atoms with Gasteiger partial charge in [0.25, 0.3) is 5.91 Å². The molecule has 1 aliphatic rings. The lowest BCUT2D eigenvalue weighted by atomic mass is 10.1. The highest BCUT2D eigenvalue weighted by Crippen LogP contribution is 2.18. The molecular formula is C15H21N3O2. The van der Waals surface area contributed by atoms with Crippen LogP contribution in [0.4, 0.5) is 5.69 Å². The molecule has 0 aromatic heterocycles. The van der Waals surface area contributed by atoms with Gasteiger partial charge in [0.2, 0.25) is 5.91 Å². The van der Waals surface area contributed by atoms with Gasteiger partial charge in [-0.05, 0) is 44.9 Å². The second-order valence-electron chi connectivity index (χ2n) is 5.41. The van der Waals surface area contributed by atoms with Gasteiger partial charge < -0.3 is 16.0 Å². The molecule has 2 amide bonds. The molecule has 0 unspecified atom stereocenters. The van der Waals surface area contributed by atoms with E-state index in [1.54, 1.807) is 24.3 Å². The third-order valence-corrected chi connectivity index (χ3v) is 2.96. The molecule has 1 aliphatic carbocycles. The third-order valence-electron chi connectivity index (χ3n) is 2.96. The Labute approximate surface area is 119 Å². The van der Waals surface area contributed by atoms with Gasteiger partial charge in [-0.1, -0.05) is 6.07 Å². The Balaban J connectivity index is 1.90. The molecule has 0 heterocycles. The van der Waals surface area contributed by atoms with Crippen LogP contribution in [0.5, 0.6) is 0 Å². The number of hydrogen-bond acceptors (Lipinski definition) is 3. The zero-order valence-corrected chi connectivity index (χ0v) is 11.9. The van der Waals surface area contributed by atoms with Gasteiger partial charge in [0.15, 0.2) is 0 Å². The van der Waals surface area contributed by atoms with E-state index in [4.69, 9.17) is 0 Å². The minimum absolute atomic E-state index is 0.0849. The van der Waals surface area contributed by atoms with E-state index < -0.39 is 0 Å². The number of benzene rings is 1. The highest BCUT2D eigenvalue weighted by Gasteiger charge is 2.21. The molecule has 20 heavy (non-hydrogen) atoms. The van der Waals surface area contributed by atoms with E-state index in [2.05, 4.69) is 16.0 Å². The van der Waals surface area contributed by atoms with E-state index in [1.807, 2.05) is 13.8 Å². The number of rotatable bonds is 6. The Bertz CT molecular complexity index is 496. The SMILES string of the molecule is CC(C)NC(=O)c1cccc(NC(=O)CNC2CC2)c1. The Morgan fingerprint density at radius 3 is 2.70 bits per heavy atom. The van der Waals surface area contributed by atoms with Crippen LogP contribution >= 0.6 is 0 Å². The first-order valence-electron chi connectivity index (χ1n) is 6.99. The van der Waals surface area contributed by atoms with Crippen LogP contribution in [0.25, 0.3) is 0 Å². The summed E-state index contributed by atoms with van der Waals surface area (Å²) < 4.78 is 0. The summed E-state index contributed by atoms with van der Waals surface area (Å²) in [7, 11) is 0. The summed E-state index contributed by atoms with van der Waals surface area (Å²) in [4.78, 5) is 23.6. The summed E-state index contributed by atoms with van der Waals surface area (Å²) in [6.45, 7) is 4.13. The first-order chi connectivity index (χ1) is 9.54. The van der Waals surface area contributed by atoms with Crippen molar-refractivity contribution in [1.29, 1.82) is 0 Å². The molecule has 0 aliphatic heterocycles. The number of carbonyl (C=O) groups is 2. The Morgan fingerprint density at radius 1 is 1.30 bits per heavy atom. The molecule has 1 saturated carbocycles. The summed E-state index contributed by atoms with van der Waals surface area (Å²) in [6, 6.07) is 7.55. The minimum atomic E-state index is -0.132. The van der Waals surface area contributed by atoms with Crippen LogP contribution in [0.15, 0.2) is 24.3 Å². The average molecular weight is 275 g/mol. The van der Waals surface area contributed by atoms with Crippen LogP contribution in [0.3, 0.4) is 0 Å². The smallest absolute Gasteiger partial charge is 0.251 e. The first-order valence-corrected chi connectivity index (χ1v) is 6.99. The van der Waals surface area contributed by atoms with Crippen molar-refractivity contribution < 1.29 is 9.59 Å². The maximum atomic E-state index is 11.9. The largest absolute Gasteiger partial charge is 0.350 e.